The number of amides is 2. The lowest BCUT2D eigenvalue weighted by Gasteiger charge is -2.13. The van der Waals surface area contributed by atoms with Gasteiger partial charge in [-0.05, 0) is 30.3 Å². The number of halogens is 1. The maximum atomic E-state index is 12.8. The number of rotatable bonds is 7. The van der Waals surface area contributed by atoms with E-state index >= 15 is 0 Å². The summed E-state index contributed by atoms with van der Waals surface area (Å²) in [5, 5.41) is 14.0. The first-order valence-corrected chi connectivity index (χ1v) is 10.1. The maximum Gasteiger partial charge on any atom is 0.292 e. The van der Waals surface area contributed by atoms with Crippen molar-refractivity contribution in [3.8, 4) is 0 Å². The molecule has 1 atom stereocenters. The molecule has 2 aromatic rings. The summed E-state index contributed by atoms with van der Waals surface area (Å²) in [6.45, 7) is 3.91. The van der Waals surface area contributed by atoms with Gasteiger partial charge in [0.25, 0.3) is 5.69 Å². The van der Waals surface area contributed by atoms with Gasteiger partial charge in [0.05, 0.1) is 10.6 Å². The molecule has 0 bridgehead atoms. The third-order valence-corrected chi connectivity index (χ3v) is 5.56. The first-order chi connectivity index (χ1) is 14.4. The highest BCUT2D eigenvalue weighted by Crippen LogP contribution is 2.32. The Balaban J connectivity index is 1.75. The number of thioether (sulfide) groups is 1. The quantitative estimate of drug-likeness (QED) is 0.387. The van der Waals surface area contributed by atoms with E-state index in [1.165, 1.54) is 34.9 Å². The van der Waals surface area contributed by atoms with E-state index in [1.54, 1.807) is 36.4 Å². The van der Waals surface area contributed by atoms with Crippen LogP contribution in [0.1, 0.15) is 6.42 Å². The minimum atomic E-state index is -0.696. The molecule has 154 valence electrons. The number of para-hydroxylation sites is 2. The molecule has 1 aliphatic heterocycles. The zero-order chi connectivity index (χ0) is 21.7. The Morgan fingerprint density at radius 1 is 1.30 bits per heavy atom. The van der Waals surface area contributed by atoms with E-state index in [1.807, 2.05) is 0 Å². The third kappa shape index (κ3) is 5.05. The molecule has 0 aliphatic carbocycles. The summed E-state index contributed by atoms with van der Waals surface area (Å²) < 4.78 is 0. The lowest BCUT2D eigenvalue weighted by molar-refractivity contribution is -0.383. The molecule has 1 N–H and O–H groups in total. The maximum absolute atomic E-state index is 12.8. The van der Waals surface area contributed by atoms with E-state index in [0.717, 1.165) is 0 Å². The largest absolute Gasteiger partial charge is 0.320 e. The number of nitrogens with one attached hydrogen (secondary N) is 1. The number of hydrogen-bond donors (Lipinski definition) is 1. The second-order valence-corrected chi connectivity index (χ2v) is 7.85. The molecule has 3 rings (SSSR count). The van der Waals surface area contributed by atoms with E-state index in [2.05, 4.69) is 16.9 Å². The van der Waals surface area contributed by atoms with Crippen LogP contribution in [-0.4, -0.2) is 38.6 Å². The molecule has 8 nitrogen and oxygen atoms in total. The second-order valence-electron chi connectivity index (χ2n) is 6.24. The molecule has 30 heavy (non-hydrogen) atoms. The zero-order valence-electron chi connectivity index (χ0n) is 15.7. The lowest BCUT2D eigenvalue weighted by Crippen LogP contribution is -2.33. The Bertz CT molecular complexity index is 1030. The Morgan fingerprint density at radius 2 is 2.00 bits per heavy atom. The molecule has 10 heteroatoms. The number of aliphatic imine (C=N–C) groups is 1. The molecular weight excluding hydrogens is 428 g/mol. The van der Waals surface area contributed by atoms with Gasteiger partial charge in [-0.3, -0.25) is 24.6 Å². The number of carbonyl (C=O) groups excluding carboxylic acids is 2. The Morgan fingerprint density at radius 3 is 2.67 bits per heavy atom. The van der Waals surface area contributed by atoms with Gasteiger partial charge in [0.2, 0.25) is 11.8 Å². The van der Waals surface area contributed by atoms with Crippen molar-refractivity contribution in [2.45, 2.75) is 11.7 Å². The van der Waals surface area contributed by atoms with Crippen molar-refractivity contribution in [3.05, 3.63) is 76.3 Å². The standard InChI is InChI=1S/C20H17ClN4O4S/c1-2-11-24-19(27)17(30-20(24)22-14-9-7-13(21)8-10-14)12-18(26)23-15-5-3-4-6-16(15)25(28)29/h2-10,17H,1,11-12H2,(H,23,26). The third-order valence-electron chi connectivity index (χ3n) is 4.13. The van der Waals surface area contributed by atoms with E-state index in [9.17, 15) is 19.7 Å². The van der Waals surface area contributed by atoms with E-state index < -0.39 is 16.1 Å². The zero-order valence-corrected chi connectivity index (χ0v) is 17.2. The fourth-order valence-electron chi connectivity index (χ4n) is 2.76. The van der Waals surface area contributed by atoms with Crippen molar-refractivity contribution in [1.82, 2.24) is 4.90 Å². The van der Waals surface area contributed by atoms with E-state index in [4.69, 9.17) is 11.6 Å². The summed E-state index contributed by atoms with van der Waals surface area (Å²) in [5.74, 6) is -0.772. The van der Waals surface area contributed by atoms with Gasteiger partial charge >= 0.3 is 0 Å². The number of nitrogens with zero attached hydrogens (tertiary/aromatic N) is 3. The summed E-state index contributed by atoms with van der Waals surface area (Å²) >= 11 is 7.06. The molecule has 1 aliphatic rings. The molecular formula is C20H17ClN4O4S. The average Bonchev–Trinajstić information content (AvgIpc) is 2.99. The molecule has 0 aromatic heterocycles. The number of nitro benzene ring substituents is 1. The Labute approximate surface area is 181 Å². The second kappa shape index (κ2) is 9.55. The molecule has 0 saturated carbocycles. The van der Waals surface area contributed by atoms with Gasteiger partial charge in [-0.2, -0.15) is 0 Å². The number of hydrogen-bond acceptors (Lipinski definition) is 6. The Kier molecular flexibility index (Phi) is 6.86. The number of amidine groups is 1. The Hall–Kier alpha value is -3.17. The van der Waals surface area contributed by atoms with Crippen LogP contribution >= 0.6 is 23.4 Å². The van der Waals surface area contributed by atoms with Crippen LogP contribution in [0.15, 0.2) is 66.2 Å². The molecule has 2 amide bonds. The van der Waals surface area contributed by atoms with Crippen LogP contribution in [0, 0.1) is 10.1 Å². The fourth-order valence-corrected chi connectivity index (χ4v) is 4.05. The van der Waals surface area contributed by atoms with Crippen LogP contribution in [0.25, 0.3) is 0 Å². The van der Waals surface area contributed by atoms with Gasteiger partial charge < -0.3 is 5.32 Å². The molecule has 2 aromatic carbocycles. The highest BCUT2D eigenvalue weighted by molar-refractivity contribution is 8.15. The highest BCUT2D eigenvalue weighted by atomic mass is 35.5. The molecule has 1 unspecified atom stereocenters. The topological polar surface area (TPSA) is 105 Å². The van der Waals surface area contributed by atoms with Crippen LogP contribution in [0.2, 0.25) is 5.02 Å². The molecule has 0 spiro atoms. The van der Waals surface area contributed by atoms with E-state index in [-0.39, 0.29) is 30.2 Å². The van der Waals surface area contributed by atoms with Crippen LogP contribution < -0.4 is 5.32 Å². The summed E-state index contributed by atoms with van der Waals surface area (Å²) in [7, 11) is 0. The normalized spacial score (nSPS) is 17.2. The van der Waals surface area contributed by atoms with Crippen molar-refractivity contribution in [1.29, 1.82) is 0 Å². The molecule has 0 radical (unpaired) electrons. The molecule has 1 fully saturated rings. The predicted octanol–water partition coefficient (Wildman–Crippen LogP) is 4.39. The van der Waals surface area contributed by atoms with Gasteiger partial charge in [-0.15, -0.1) is 6.58 Å². The predicted molar refractivity (Wildman–Crippen MR) is 118 cm³/mol. The summed E-state index contributed by atoms with van der Waals surface area (Å²) in [6.07, 6.45) is 1.43. The van der Waals surface area contributed by atoms with Crippen LogP contribution in [-0.2, 0) is 9.59 Å². The molecule has 1 heterocycles. The van der Waals surface area contributed by atoms with Gasteiger partial charge in [0.15, 0.2) is 5.17 Å². The van der Waals surface area contributed by atoms with Crippen molar-refractivity contribution < 1.29 is 14.5 Å². The van der Waals surface area contributed by atoms with Gasteiger partial charge in [0, 0.05) is 24.1 Å². The van der Waals surface area contributed by atoms with Crippen LogP contribution in [0.4, 0.5) is 17.1 Å². The monoisotopic (exact) mass is 444 g/mol. The van der Waals surface area contributed by atoms with Crippen molar-refractivity contribution >= 4 is 57.4 Å². The number of carbonyl (C=O) groups is 2. The minimum Gasteiger partial charge on any atom is -0.320 e. The van der Waals surface area contributed by atoms with E-state index in [0.29, 0.717) is 15.9 Å². The fraction of sp³-hybridized carbons (Fsp3) is 0.150. The highest BCUT2D eigenvalue weighted by Gasteiger charge is 2.38. The van der Waals surface area contributed by atoms with Gasteiger partial charge in [0.1, 0.15) is 10.9 Å². The number of benzene rings is 2. The first kappa shape index (κ1) is 21.5. The average molecular weight is 445 g/mol. The summed E-state index contributed by atoms with van der Waals surface area (Å²) in [4.78, 5) is 41.7. The molecule has 1 saturated heterocycles. The summed E-state index contributed by atoms with van der Waals surface area (Å²) in [6, 6.07) is 12.7. The first-order valence-electron chi connectivity index (χ1n) is 8.85. The smallest absolute Gasteiger partial charge is 0.292 e. The van der Waals surface area contributed by atoms with Crippen molar-refractivity contribution in [2.24, 2.45) is 4.99 Å². The SMILES string of the molecule is C=CCN1C(=O)C(CC(=O)Nc2ccccc2[N+](=O)[O-])SC1=Nc1ccc(Cl)cc1. The van der Waals surface area contributed by atoms with Crippen molar-refractivity contribution in [3.63, 3.8) is 0 Å². The lowest BCUT2D eigenvalue weighted by atomic mass is 10.2. The number of anilines is 1. The minimum absolute atomic E-state index is 0.0842. The van der Waals surface area contributed by atoms with Gasteiger partial charge in [-0.25, -0.2) is 4.99 Å². The van der Waals surface area contributed by atoms with Crippen LogP contribution in [0.3, 0.4) is 0 Å². The van der Waals surface area contributed by atoms with Crippen LogP contribution in [0.5, 0.6) is 0 Å². The van der Waals surface area contributed by atoms with Crippen molar-refractivity contribution in [2.75, 3.05) is 11.9 Å². The summed E-state index contributed by atoms with van der Waals surface area (Å²) in [5.41, 5.74) is 0.490. The number of nitro groups is 1. The van der Waals surface area contributed by atoms with Gasteiger partial charge in [-0.1, -0.05) is 41.6 Å².